The molecule has 2 aromatic rings. The number of hydrogen-bond acceptors (Lipinski definition) is 6. The van der Waals surface area contributed by atoms with Gasteiger partial charge < -0.3 is 19.7 Å². The molecular weight excluding hydrogens is 442 g/mol. The molecule has 180 valence electrons. The van der Waals surface area contributed by atoms with Gasteiger partial charge in [0.15, 0.2) is 0 Å². The Hall–Kier alpha value is -2.78. The lowest BCUT2D eigenvalue weighted by atomic mass is 10.0. The Morgan fingerprint density at radius 1 is 1.03 bits per heavy atom. The van der Waals surface area contributed by atoms with Gasteiger partial charge in [0.1, 0.15) is 16.4 Å². The second-order valence-electron chi connectivity index (χ2n) is 7.89. The van der Waals surface area contributed by atoms with Crippen molar-refractivity contribution in [2.45, 2.75) is 37.6 Å². The van der Waals surface area contributed by atoms with E-state index in [0.717, 1.165) is 37.4 Å². The van der Waals surface area contributed by atoms with Crippen molar-refractivity contribution >= 4 is 21.6 Å². The Labute approximate surface area is 196 Å². The van der Waals surface area contributed by atoms with Crippen LogP contribution >= 0.6 is 0 Å². The molecule has 0 radical (unpaired) electrons. The number of hydrogen-bond donors (Lipinski definition) is 1. The molecule has 0 aromatic heterocycles. The van der Waals surface area contributed by atoms with Gasteiger partial charge >= 0.3 is 0 Å². The fourth-order valence-electron chi connectivity index (χ4n) is 4.07. The standard InChI is InChI=1S/C24H33N3O5S/c1-5-27(6-2)33(29,30)23-17-18(7-12-22(23)32-4)24(28)25-19-13-15-26(16-14-19)20-8-10-21(31-3)11-9-20/h7-12,17,19H,5-6,13-16H2,1-4H3,(H,25,28). The minimum Gasteiger partial charge on any atom is -0.497 e. The van der Waals surface area contributed by atoms with Crippen LogP contribution in [0.5, 0.6) is 11.5 Å². The van der Waals surface area contributed by atoms with Crippen molar-refractivity contribution in [1.29, 1.82) is 0 Å². The highest BCUT2D eigenvalue weighted by Crippen LogP contribution is 2.28. The van der Waals surface area contributed by atoms with Gasteiger partial charge in [0, 0.05) is 43.5 Å². The van der Waals surface area contributed by atoms with Crippen LogP contribution in [0, 0.1) is 0 Å². The Kier molecular flexibility index (Phi) is 8.20. The number of benzene rings is 2. The zero-order valence-corrected chi connectivity index (χ0v) is 20.5. The second-order valence-corrected chi connectivity index (χ2v) is 9.79. The molecule has 1 aliphatic rings. The number of piperidine rings is 1. The van der Waals surface area contributed by atoms with E-state index >= 15 is 0 Å². The van der Waals surface area contributed by atoms with Crippen LogP contribution in [0.25, 0.3) is 0 Å². The van der Waals surface area contributed by atoms with E-state index in [2.05, 4.69) is 10.2 Å². The number of carbonyl (C=O) groups is 1. The maximum atomic E-state index is 13.1. The highest BCUT2D eigenvalue weighted by atomic mass is 32.2. The minimum atomic E-state index is -3.76. The number of ether oxygens (including phenoxy) is 2. The molecule has 33 heavy (non-hydrogen) atoms. The zero-order chi connectivity index (χ0) is 24.0. The van der Waals surface area contributed by atoms with E-state index in [-0.39, 0.29) is 22.6 Å². The molecule has 0 aliphatic carbocycles. The Bertz CT molecular complexity index is 1040. The van der Waals surface area contributed by atoms with Gasteiger partial charge in [-0.15, -0.1) is 0 Å². The summed E-state index contributed by atoms with van der Waals surface area (Å²) < 4.78 is 37.9. The highest BCUT2D eigenvalue weighted by molar-refractivity contribution is 7.89. The van der Waals surface area contributed by atoms with Crippen LogP contribution in [0.1, 0.15) is 37.0 Å². The third-order valence-electron chi connectivity index (χ3n) is 6.02. The highest BCUT2D eigenvalue weighted by Gasteiger charge is 2.28. The molecule has 9 heteroatoms. The summed E-state index contributed by atoms with van der Waals surface area (Å²) in [7, 11) is -0.693. The summed E-state index contributed by atoms with van der Waals surface area (Å²) in [4.78, 5) is 15.2. The van der Waals surface area contributed by atoms with Crippen molar-refractivity contribution in [2.75, 3.05) is 45.3 Å². The van der Waals surface area contributed by atoms with E-state index in [1.165, 1.54) is 23.5 Å². The number of nitrogens with one attached hydrogen (secondary N) is 1. The first-order valence-electron chi connectivity index (χ1n) is 11.2. The Morgan fingerprint density at radius 2 is 1.67 bits per heavy atom. The zero-order valence-electron chi connectivity index (χ0n) is 19.7. The van der Waals surface area contributed by atoms with Gasteiger partial charge in [-0.2, -0.15) is 4.31 Å². The van der Waals surface area contributed by atoms with Crippen LogP contribution < -0.4 is 19.7 Å². The second kappa shape index (κ2) is 10.9. The Balaban J connectivity index is 1.68. The van der Waals surface area contributed by atoms with Crippen LogP contribution in [-0.4, -0.2) is 65.1 Å². The molecule has 1 saturated heterocycles. The molecule has 1 fully saturated rings. The monoisotopic (exact) mass is 475 g/mol. The quantitative estimate of drug-likeness (QED) is 0.600. The fraction of sp³-hybridized carbons (Fsp3) is 0.458. The topological polar surface area (TPSA) is 88.2 Å². The summed E-state index contributed by atoms with van der Waals surface area (Å²) in [5.74, 6) is 0.769. The van der Waals surface area contributed by atoms with Crippen molar-refractivity contribution in [2.24, 2.45) is 0 Å². The predicted molar refractivity (Wildman–Crippen MR) is 129 cm³/mol. The van der Waals surface area contributed by atoms with E-state index < -0.39 is 10.0 Å². The maximum Gasteiger partial charge on any atom is 0.251 e. The summed E-state index contributed by atoms with van der Waals surface area (Å²) in [6.45, 7) is 5.88. The van der Waals surface area contributed by atoms with Crippen LogP contribution in [-0.2, 0) is 10.0 Å². The molecule has 0 saturated carbocycles. The summed E-state index contributed by atoms with van der Waals surface area (Å²) in [5.41, 5.74) is 1.43. The average Bonchev–Trinajstić information content (AvgIpc) is 2.84. The largest absolute Gasteiger partial charge is 0.497 e. The third-order valence-corrected chi connectivity index (χ3v) is 8.09. The van der Waals surface area contributed by atoms with E-state index in [9.17, 15) is 13.2 Å². The molecular formula is C24H33N3O5S. The molecule has 0 atom stereocenters. The van der Waals surface area contributed by atoms with Crippen molar-refractivity contribution in [3.8, 4) is 11.5 Å². The smallest absolute Gasteiger partial charge is 0.251 e. The average molecular weight is 476 g/mol. The lowest BCUT2D eigenvalue weighted by Gasteiger charge is -2.34. The molecule has 1 aliphatic heterocycles. The summed E-state index contributed by atoms with van der Waals surface area (Å²) >= 11 is 0. The molecule has 1 heterocycles. The van der Waals surface area contributed by atoms with Gasteiger partial charge in [0.25, 0.3) is 5.91 Å². The van der Waals surface area contributed by atoms with Gasteiger partial charge in [-0.25, -0.2) is 8.42 Å². The number of nitrogens with zero attached hydrogens (tertiary/aromatic N) is 2. The van der Waals surface area contributed by atoms with E-state index in [0.29, 0.717) is 18.7 Å². The SMILES string of the molecule is CCN(CC)S(=O)(=O)c1cc(C(=O)NC2CCN(c3ccc(OC)cc3)CC2)ccc1OC. The number of carbonyl (C=O) groups excluding carboxylic acids is 1. The van der Waals surface area contributed by atoms with Crippen LogP contribution in [0.3, 0.4) is 0 Å². The molecule has 1 N–H and O–H groups in total. The van der Waals surface area contributed by atoms with Crippen LogP contribution in [0.4, 0.5) is 5.69 Å². The molecule has 3 rings (SSSR count). The number of amides is 1. The van der Waals surface area contributed by atoms with Gasteiger partial charge in [-0.3, -0.25) is 4.79 Å². The van der Waals surface area contributed by atoms with E-state index in [1.807, 2.05) is 24.3 Å². The van der Waals surface area contributed by atoms with Crippen LogP contribution in [0.2, 0.25) is 0 Å². The first-order valence-corrected chi connectivity index (χ1v) is 12.7. The number of sulfonamides is 1. The molecule has 0 spiro atoms. The normalized spacial score (nSPS) is 14.9. The maximum absolute atomic E-state index is 13.1. The van der Waals surface area contributed by atoms with Gasteiger partial charge in [0.05, 0.1) is 14.2 Å². The molecule has 8 nitrogen and oxygen atoms in total. The van der Waals surface area contributed by atoms with Crippen molar-refractivity contribution in [3.05, 3.63) is 48.0 Å². The lowest BCUT2D eigenvalue weighted by Crippen LogP contribution is -2.44. The summed E-state index contributed by atoms with van der Waals surface area (Å²) in [6.07, 6.45) is 1.61. The van der Waals surface area contributed by atoms with E-state index in [1.54, 1.807) is 27.0 Å². The first kappa shape index (κ1) is 24.9. The predicted octanol–water partition coefficient (Wildman–Crippen LogP) is 3.13. The van der Waals surface area contributed by atoms with Crippen molar-refractivity contribution < 1.29 is 22.7 Å². The van der Waals surface area contributed by atoms with Gasteiger partial charge in [-0.1, -0.05) is 13.8 Å². The third kappa shape index (κ3) is 5.59. The molecule has 0 bridgehead atoms. The van der Waals surface area contributed by atoms with Gasteiger partial charge in [0.2, 0.25) is 10.0 Å². The number of anilines is 1. The summed E-state index contributed by atoms with van der Waals surface area (Å²) in [5, 5.41) is 3.06. The molecule has 1 amide bonds. The lowest BCUT2D eigenvalue weighted by molar-refractivity contribution is 0.0931. The van der Waals surface area contributed by atoms with Crippen molar-refractivity contribution in [3.63, 3.8) is 0 Å². The molecule has 0 unspecified atom stereocenters. The number of rotatable bonds is 9. The van der Waals surface area contributed by atoms with E-state index in [4.69, 9.17) is 9.47 Å². The first-order chi connectivity index (χ1) is 15.8. The fourth-order valence-corrected chi connectivity index (χ4v) is 5.71. The Morgan fingerprint density at radius 3 is 2.21 bits per heavy atom. The number of methoxy groups -OCH3 is 2. The minimum absolute atomic E-state index is 0.00988. The van der Waals surface area contributed by atoms with Crippen molar-refractivity contribution in [1.82, 2.24) is 9.62 Å². The van der Waals surface area contributed by atoms with Gasteiger partial charge in [-0.05, 0) is 55.3 Å². The summed E-state index contributed by atoms with van der Waals surface area (Å²) in [6, 6.07) is 12.5. The van der Waals surface area contributed by atoms with Crippen LogP contribution in [0.15, 0.2) is 47.4 Å². The molecule has 2 aromatic carbocycles.